The van der Waals surface area contributed by atoms with E-state index in [0.717, 1.165) is 54.4 Å². The summed E-state index contributed by atoms with van der Waals surface area (Å²) in [5.41, 5.74) is 6.59. The molecule has 0 amide bonds. The Balaban J connectivity index is 1.34. The van der Waals surface area contributed by atoms with Crippen molar-refractivity contribution in [3.8, 4) is 0 Å². The summed E-state index contributed by atoms with van der Waals surface area (Å²) in [7, 11) is 0. The lowest BCUT2D eigenvalue weighted by atomic mass is 10.1. The third-order valence-electron chi connectivity index (χ3n) is 5.24. The molecule has 0 saturated carbocycles. The van der Waals surface area contributed by atoms with Gasteiger partial charge in [-0.25, -0.2) is 4.39 Å². The molecule has 3 aromatic rings. The third-order valence-corrected chi connectivity index (χ3v) is 6.13. The molecule has 0 unspecified atom stereocenters. The average molecular weight is 420 g/mol. The summed E-state index contributed by atoms with van der Waals surface area (Å²) in [6.07, 6.45) is 1.90. The highest BCUT2D eigenvalue weighted by Gasteiger charge is 2.21. The summed E-state index contributed by atoms with van der Waals surface area (Å²) in [6.45, 7) is 9.55. The zero-order valence-electron chi connectivity index (χ0n) is 17.2. The molecule has 0 aliphatic carbocycles. The molecule has 0 spiro atoms. The molecule has 0 saturated heterocycles. The van der Waals surface area contributed by atoms with E-state index >= 15 is 0 Å². The van der Waals surface area contributed by atoms with Crippen LogP contribution in [0.2, 0.25) is 0 Å². The molecule has 0 fully saturated rings. The predicted molar refractivity (Wildman–Crippen MR) is 122 cm³/mol. The van der Waals surface area contributed by atoms with Crippen LogP contribution in [-0.2, 0) is 26.2 Å². The van der Waals surface area contributed by atoms with E-state index < -0.39 is 0 Å². The number of hydrogen-bond donors (Lipinski definition) is 1. The van der Waals surface area contributed by atoms with Gasteiger partial charge in [0.1, 0.15) is 5.82 Å². The Bertz CT molecular complexity index is 1020. The highest BCUT2D eigenvalue weighted by Crippen LogP contribution is 2.25. The molecule has 0 radical (unpaired) electrons. The predicted octanol–water partition coefficient (Wildman–Crippen LogP) is 5.61. The summed E-state index contributed by atoms with van der Waals surface area (Å²) in [6, 6.07) is 17.6. The number of fused-ring (bicyclic) bond motifs is 1. The molecule has 4 rings (SSSR count). The zero-order valence-corrected chi connectivity index (χ0v) is 18.0. The molecule has 1 aliphatic heterocycles. The van der Waals surface area contributed by atoms with Gasteiger partial charge in [0.05, 0.1) is 5.69 Å². The molecule has 1 aromatic heterocycles. The lowest BCUT2D eigenvalue weighted by Crippen LogP contribution is -2.15. The topological polar surface area (TPSA) is 28.2 Å². The summed E-state index contributed by atoms with van der Waals surface area (Å²) in [5, 5.41) is 3.42. The highest BCUT2D eigenvalue weighted by molar-refractivity contribution is 7.99. The first-order valence-corrected chi connectivity index (χ1v) is 11.2. The average Bonchev–Trinajstić information content (AvgIpc) is 3.16. The second kappa shape index (κ2) is 9.45. The Morgan fingerprint density at radius 3 is 2.57 bits per heavy atom. The quantitative estimate of drug-likeness (QED) is 0.481. The zero-order chi connectivity index (χ0) is 20.9. The molecule has 2 heterocycles. The normalized spacial score (nSPS) is 13.3. The van der Waals surface area contributed by atoms with Crippen LogP contribution in [0, 0.1) is 5.82 Å². The maximum Gasteiger partial charge on any atom is 0.123 e. The van der Waals surface area contributed by atoms with Crippen LogP contribution in [0.3, 0.4) is 0 Å². The van der Waals surface area contributed by atoms with Crippen LogP contribution in [0.25, 0.3) is 5.70 Å². The fourth-order valence-electron chi connectivity index (χ4n) is 3.63. The van der Waals surface area contributed by atoms with Crippen molar-refractivity contribution in [2.45, 2.75) is 38.0 Å². The third kappa shape index (κ3) is 5.10. The van der Waals surface area contributed by atoms with Crippen LogP contribution in [-0.4, -0.2) is 15.6 Å². The van der Waals surface area contributed by atoms with Crippen LogP contribution in [0.4, 0.5) is 4.39 Å². The van der Waals surface area contributed by atoms with Crippen molar-refractivity contribution in [2.24, 2.45) is 0 Å². The largest absolute Gasteiger partial charge is 0.381 e. The van der Waals surface area contributed by atoms with Gasteiger partial charge in [0.2, 0.25) is 0 Å². The van der Waals surface area contributed by atoms with Crippen molar-refractivity contribution in [3.63, 3.8) is 0 Å². The molecule has 0 atom stereocenters. The van der Waals surface area contributed by atoms with Crippen molar-refractivity contribution in [3.05, 3.63) is 101 Å². The minimum atomic E-state index is -0.198. The standard InChI is InChI=1S/C25H26FN3S/c1-3-30-24-10-6-19(7-11-24)13-27-18(2)21-12-22-16-29(17-25(22)28-14-21)15-20-4-8-23(26)9-5-20/h4-12,14,27H,2-3,13,15-17H2,1H3. The maximum absolute atomic E-state index is 13.1. The number of halogens is 1. The number of hydrogen-bond acceptors (Lipinski definition) is 4. The van der Waals surface area contributed by atoms with Crippen LogP contribution in [0.15, 0.2) is 72.3 Å². The van der Waals surface area contributed by atoms with Crippen molar-refractivity contribution in [2.75, 3.05) is 5.75 Å². The van der Waals surface area contributed by atoms with Crippen LogP contribution in [0.1, 0.15) is 34.9 Å². The fourth-order valence-corrected chi connectivity index (χ4v) is 4.29. The molecule has 3 nitrogen and oxygen atoms in total. The first kappa shape index (κ1) is 20.6. The van der Waals surface area contributed by atoms with E-state index in [9.17, 15) is 4.39 Å². The van der Waals surface area contributed by atoms with Crippen molar-refractivity contribution in [1.82, 2.24) is 15.2 Å². The Morgan fingerprint density at radius 1 is 1.10 bits per heavy atom. The number of rotatable bonds is 8. The van der Waals surface area contributed by atoms with Crippen LogP contribution >= 0.6 is 11.8 Å². The lowest BCUT2D eigenvalue weighted by Gasteiger charge is -2.14. The van der Waals surface area contributed by atoms with Crippen LogP contribution < -0.4 is 5.32 Å². The van der Waals surface area contributed by atoms with Crippen molar-refractivity contribution < 1.29 is 4.39 Å². The van der Waals surface area contributed by atoms with E-state index in [2.05, 4.69) is 59.0 Å². The van der Waals surface area contributed by atoms with Gasteiger partial charge in [0, 0.05) is 48.5 Å². The van der Waals surface area contributed by atoms with Gasteiger partial charge in [-0.15, -0.1) is 11.8 Å². The van der Waals surface area contributed by atoms with Crippen molar-refractivity contribution >= 4 is 17.5 Å². The minimum Gasteiger partial charge on any atom is -0.381 e. The first-order valence-electron chi connectivity index (χ1n) is 10.2. The van der Waals surface area contributed by atoms with E-state index in [0.29, 0.717) is 0 Å². The van der Waals surface area contributed by atoms with Gasteiger partial charge in [-0.1, -0.05) is 37.8 Å². The van der Waals surface area contributed by atoms with E-state index in [4.69, 9.17) is 0 Å². The molecule has 5 heteroatoms. The first-order chi connectivity index (χ1) is 14.6. The van der Waals surface area contributed by atoms with E-state index in [-0.39, 0.29) is 5.82 Å². The minimum absolute atomic E-state index is 0.198. The lowest BCUT2D eigenvalue weighted by molar-refractivity contribution is 0.274. The second-order valence-electron chi connectivity index (χ2n) is 7.51. The maximum atomic E-state index is 13.1. The number of aromatic nitrogens is 1. The van der Waals surface area contributed by atoms with E-state index in [1.165, 1.54) is 28.2 Å². The smallest absolute Gasteiger partial charge is 0.123 e. The summed E-state index contributed by atoms with van der Waals surface area (Å²) >= 11 is 1.85. The highest BCUT2D eigenvalue weighted by atomic mass is 32.2. The Labute approximate surface area is 182 Å². The summed E-state index contributed by atoms with van der Waals surface area (Å²) in [4.78, 5) is 8.29. The number of pyridine rings is 1. The second-order valence-corrected chi connectivity index (χ2v) is 8.85. The monoisotopic (exact) mass is 419 g/mol. The van der Waals surface area contributed by atoms with Gasteiger partial charge in [-0.05, 0) is 52.8 Å². The molecule has 30 heavy (non-hydrogen) atoms. The molecule has 0 bridgehead atoms. The molecule has 1 N–H and O–H groups in total. The number of benzene rings is 2. The SMILES string of the molecule is C=C(NCc1ccc(SCC)cc1)c1cnc2c(c1)CN(Cc1ccc(F)cc1)C2. The number of nitrogens with zero attached hydrogens (tertiary/aromatic N) is 2. The summed E-state index contributed by atoms with van der Waals surface area (Å²) < 4.78 is 13.1. The van der Waals surface area contributed by atoms with Crippen molar-refractivity contribution in [1.29, 1.82) is 0 Å². The summed E-state index contributed by atoms with van der Waals surface area (Å²) in [5.74, 6) is 0.887. The Hall–Kier alpha value is -2.63. The Kier molecular flexibility index (Phi) is 6.50. The number of nitrogens with one attached hydrogen (secondary N) is 1. The van der Waals surface area contributed by atoms with Gasteiger partial charge in [-0.2, -0.15) is 0 Å². The van der Waals surface area contributed by atoms with Gasteiger partial charge in [-0.3, -0.25) is 9.88 Å². The fraction of sp³-hybridized carbons (Fsp3) is 0.240. The number of thioether (sulfide) groups is 1. The van der Waals surface area contributed by atoms with E-state index in [1.807, 2.05) is 30.1 Å². The van der Waals surface area contributed by atoms with Gasteiger partial charge in [0.15, 0.2) is 0 Å². The molecular weight excluding hydrogens is 393 g/mol. The van der Waals surface area contributed by atoms with Gasteiger partial charge < -0.3 is 5.32 Å². The van der Waals surface area contributed by atoms with Gasteiger partial charge >= 0.3 is 0 Å². The Morgan fingerprint density at radius 2 is 1.83 bits per heavy atom. The van der Waals surface area contributed by atoms with Crippen LogP contribution in [0.5, 0.6) is 0 Å². The van der Waals surface area contributed by atoms with Gasteiger partial charge in [0.25, 0.3) is 0 Å². The molecule has 154 valence electrons. The molecular formula is C25H26FN3S. The molecule has 2 aromatic carbocycles. The molecule has 1 aliphatic rings. The van der Waals surface area contributed by atoms with E-state index in [1.54, 1.807) is 0 Å².